The highest BCUT2D eigenvalue weighted by atomic mass is 16.3. The number of carbonyl (C=O) groups excluding carboxylic acids is 2. The second-order valence-corrected chi connectivity index (χ2v) is 5.69. The van der Waals surface area contributed by atoms with Crippen LogP contribution in [0.1, 0.15) is 12.8 Å². The van der Waals surface area contributed by atoms with Gasteiger partial charge in [0.15, 0.2) is 0 Å². The number of hydrogen-bond acceptors (Lipinski definition) is 5. The van der Waals surface area contributed by atoms with E-state index in [4.69, 9.17) is 0 Å². The summed E-state index contributed by atoms with van der Waals surface area (Å²) < 4.78 is 0. The summed E-state index contributed by atoms with van der Waals surface area (Å²) >= 11 is 0. The molecule has 0 saturated carbocycles. The summed E-state index contributed by atoms with van der Waals surface area (Å²) in [7, 11) is 1.88. The number of nitroso groups, excluding NO2 is 1. The highest BCUT2D eigenvalue weighted by Crippen LogP contribution is 2.34. The zero-order chi connectivity index (χ0) is 16.4. The van der Waals surface area contributed by atoms with Gasteiger partial charge in [0.25, 0.3) is 5.91 Å². The molecule has 1 aliphatic heterocycles. The number of hydrogen-bond donors (Lipinski definition) is 0. The average Bonchev–Trinajstić information content (AvgIpc) is 3.01. The fourth-order valence-corrected chi connectivity index (χ4v) is 3.17. The van der Waals surface area contributed by atoms with Crippen molar-refractivity contribution in [1.29, 1.82) is 0 Å². The van der Waals surface area contributed by atoms with E-state index >= 15 is 0 Å². The van der Waals surface area contributed by atoms with Crippen LogP contribution >= 0.6 is 0 Å². The molecule has 118 valence electrons. The smallest absolute Gasteiger partial charge is 0.250 e. The number of likely N-dealkylation sites (N-methyl/N-ethyl adjacent to an activating group) is 1. The van der Waals surface area contributed by atoms with Crippen LogP contribution in [-0.4, -0.2) is 36.9 Å². The zero-order valence-electron chi connectivity index (χ0n) is 12.8. The second-order valence-electron chi connectivity index (χ2n) is 5.69. The first kappa shape index (κ1) is 15.3. The fourth-order valence-electron chi connectivity index (χ4n) is 3.17. The maximum Gasteiger partial charge on any atom is 0.250 e. The van der Waals surface area contributed by atoms with E-state index in [0.29, 0.717) is 28.6 Å². The number of anilines is 1. The topological polar surface area (TPSA) is 70.1 Å². The minimum atomic E-state index is -0.289. The molecule has 0 bridgehead atoms. The van der Waals surface area contributed by atoms with Crippen LogP contribution in [0.4, 0.5) is 11.4 Å². The molecule has 1 heterocycles. The molecule has 23 heavy (non-hydrogen) atoms. The van der Waals surface area contributed by atoms with Crippen LogP contribution < -0.4 is 4.90 Å². The molecular formula is C17H17N3O3. The maximum absolute atomic E-state index is 12.8. The number of nitrogens with zero attached hydrogens (tertiary/aromatic N) is 3. The van der Waals surface area contributed by atoms with Gasteiger partial charge in [-0.2, -0.15) is 0 Å². The van der Waals surface area contributed by atoms with Gasteiger partial charge in [0.2, 0.25) is 6.41 Å². The van der Waals surface area contributed by atoms with Crippen LogP contribution in [0.25, 0.3) is 10.8 Å². The van der Waals surface area contributed by atoms with E-state index in [2.05, 4.69) is 5.18 Å². The van der Waals surface area contributed by atoms with Gasteiger partial charge in [-0.1, -0.05) is 24.3 Å². The van der Waals surface area contributed by atoms with Gasteiger partial charge in [0, 0.05) is 10.8 Å². The number of fused-ring (bicyclic) bond motifs is 1. The van der Waals surface area contributed by atoms with Gasteiger partial charge in [-0.3, -0.25) is 19.4 Å². The lowest BCUT2D eigenvalue weighted by Crippen LogP contribution is -2.44. The van der Waals surface area contributed by atoms with Crippen molar-refractivity contribution in [2.24, 2.45) is 5.18 Å². The Morgan fingerprint density at radius 3 is 2.61 bits per heavy atom. The normalized spacial score (nSPS) is 18.0. The predicted molar refractivity (Wildman–Crippen MR) is 88.6 cm³/mol. The molecule has 0 spiro atoms. The number of rotatable bonds is 4. The van der Waals surface area contributed by atoms with E-state index < -0.39 is 0 Å². The van der Waals surface area contributed by atoms with Crippen molar-refractivity contribution < 1.29 is 9.59 Å². The van der Waals surface area contributed by atoms with Crippen LogP contribution in [0, 0.1) is 4.91 Å². The fraction of sp³-hybridized carbons (Fsp3) is 0.294. The molecule has 2 amide bonds. The van der Waals surface area contributed by atoms with Gasteiger partial charge in [-0.25, -0.2) is 0 Å². The molecule has 1 unspecified atom stereocenters. The first-order valence-corrected chi connectivity index (χ1v) is 7.51. The molecule has 6 nitrogen and oxygen atoms in total. The van der Waals surface area contributed by atoms with Crippen molar-refractivity contribution in [3.05, 3.63) is 41.3 Å². The SMILES string of the molecule is CN1CCCC1C(=O)N(C=O)c1ccc(N=O)c2ccccc12. The third-order valence-electron chi connectivity index (χ3n) is 4.38. The zero-order valence-corrected chi connectivity index (χ0v) is 12.8. The highest BCUT2D eigenvalue weighted by molar-refractivity contribution is 6.16. The van der Waals surface area contributed by atoms with Crippen LogP contribution in [0.15, 0.2) is 41.6 Å². The first-order chi connectivity index (χ1) is 11.2. The summed E-state index contributed by atoms with van der Waals surface area (Å²) in [5.41, 5.74) is 0.772. The molecule has 3 rings (SSSR count). The van der Waals surface area contributed by atoms with Crippen LogP contribution in [0.5, 0.6) is 0 Å². The van der Waals surface area contributed by atoms with Gasteiger partial charge in [-0.15, -0.1) is 4.91 Å². The summed E-state index contributed by atoms with van der Waals surface area (Å²) in [5, 5.41) is 4.29. The molecule has 1 saturated heterocycles. The molecule has 0 aromatic heterocycles. The van der Waals surface area contributed by atoms with Gasteiger partial charge < -0.3 is 0 Å². The Morgan fingerprint density at radius 1 is 1.26 bits per heavy atom. The summed E-state index contributed by atoms with van der Waals surface area (Å²) in [6, 6.07) is 9.97. The van der Waals surface area contributed by atoms with E-state index in [0.717, 1.165) is 24.3 Å². The first-order valence-electron chi connectivity index (χ1n) is 7.51. The number of carbonyl (C=O) groups is 2. The van der Waals surface area contributed by atoms with Crippen molar-refractivity contribution in [1.82, 2.24) is 4.90 Å². The summed E-state index contributed by atoms with van der Waals surface area (Å²) in [5.74, 6) is -0.239. The highest BCUT2D eigenvalue weighted by Gasteiger charge is 2.32. The Kier molecular flexibility index (Phi) is 4.16. The van der Waals surface area contributed by atoms with Crippen molar-refractivity contribution in [2.75, 3.05) is 18.5 Å². The van der Waals surface area contributed by atoms with Crippen molar-refractivity contribution in [3.63, 3.8) is 0 Å². The molecule has 0 radical (unpaired) electrons. The Balaban J connectivity index is 2.08. The Labute approximate surface area is 133 Å². The minimum Gasteiger partial charge on any atom is -0.295 e. The number of imide groups is 1. The van der Waals surface area contributed by atoms with E-state index in [9.17, 15) is 14.5 Å². The van der Waals surface area contributed by atoms with Gasteiger partial charge in [-0.05, 0) is 43.7 Å². The monoisotopic (exact) mass is 311 g/mol. The molecule has 0 aliphatic carbocycles. The van der Waals surface area contributed by atoms with E-state index in [1.54, 1.807) is 30.3 Å². The van der Waals surface area contributed by atoms with Crippen LogP contribution in [-0.2, 0) is 9.59 Å². The molecule has 6 heteroatoms. The second kappa shape index (κ2) is 6.26. The Hall–Kier alpha value is -2.60. The van der Waals surface area contributed by atoms with Crippen molar-refractivity contribution >= 4 is 34.5 Å². The summed E-state index contributed by atoms with van der Waals surface area (Å²) in [6.45, 7) is 0.845. The maximum atomic E-state index is 12.8. The van der Waals surface area contributed by atoms with Gasteiger partial charge in [0.05, 0.1) is 11.7 Å². The largest absolute Gasteiger partial charge is 0.295 e. The minimum absolute atomic E-state index is 0.239. The van der Waals surface area contributed by atoms with E-state index in [-0.39, 0.29) is 11.9 Å². The quantitative estimate of drug-likeness (QED) is 0.643. The van der Waals surface area contributed by atoms with E-state index in [1.807, 2.05) is 11.9 Å². The lowest BCUT2D eigenvalue weighted by atomic mass is 10.1. The lowest BCUT2D eigenvalue weighted by molar-refractivity contribution is -0.125. The summed E-state index contributed by atoms with van der Waals surface area (Å²) in [4.78, 5) is 38.4. The molecule has 2 aromatic rings. The van der Waals surface area contributed by atoms with Crippen LogP contribution in [0.3, 0.4) is 0 Å². The molecule has 1 atom stereocenters. The number of likely N-dealkylation sites (tertiary alicyclic amines) is 1. The molecular weight excluding hydrogens is 294 g/mol. The Morgan fingerprint density at radius 2 is 2.00 bits per heavy atom. The average molecular weight is 311 g/mol. The summed E-state index contributed by atoms with van der Waals surface area (Å²) in [6.07, 6.45) is 2.23. The van der Waals surface area contributed by atoms with Crippen LogP contribution in [0.2, 0.25) is 0 Å². The molecule has 0 N–H and O–H groups in total. The molecule has 1 fully saturated rings. The standard InChI is InChI=1S/C17H17N3O3/c1-19-10-4-7-16(19)17(22)20(11-21)15-9-8-14(18-23)12-5-2-3-6-13(12)15/h2-3,5-6,8-9,11,16H,4,7,10H2,1H3. The third-order valence-corrected chi connectivity index (χ3v) is 4.38. The van der Waals surface area contributed by atoms with Gasteiger partial charge >= 0.3 is 0 Å². The van der Waals surface area contributed by atoms with Crippen molar-refractivity contribution in [2.45, 2.75) is 18.9 Å². The van der Waals surface area contributed by atoms with E-state index in [1.165, 1.54) is 6.07 Å². The third kappa shape index (κ3) is 2.61. The van der Waals surface area contributed by atoms with Gasteiger partial charge in [0.1, 0.15) is 5.69 Å². The Bertz CT molecular complexity index is 775. The number of amides is 2. The lowest BCUT2D eigenvalue weighted by Gasteiger charge is -2.25. The molecule has 2 aromatic carbocycles. The predicted octanol–water partition coefficient (Wildman–Crippen LogP) is 2.82. The number of benzene rings is 2. The van der Waals surface area contributed by atoms with Crippen molar-refractivity contribution in [3.8, 4) is 0 Å². The molecule has 1 aliphatic rings.